The highest BCUT2D eigenvalue weighted by molar-refractivity contribution is 5.93. The number of rotatable bonds is 7. The molecule has 1 unspecified atom stereocenters. The first-order chi connectivity index (χ1) is 12.4. The summed E-state index contributed by atoms with van der Waals surface area (Å²) in [6.07, 6.45) is 1.59. The summed E-state index contributed by atoms with van der Waals surface area (Å²) >= 11 is 0. The van der Waals surface area contributed by atoms with E-state index in [-0.39, 0.29) is 35.7 Å². The van der Waals surface area contributed by atoms with Gasteiger partial charge in [-0.3, -0.25) is 19.7 Å². The van der Waals surface area contributed by atoms with Gasteiger partial charge in [-0.15, -0.1) is 0 Å². The molecule has 0 radical (unpaired) electrons. The van der Waals surface area contributed by atoms with Gasteiger partial charge in [-0.2, -0.15) is 0 Å². The third-order valence-electron chi connectivity index (χ3n) is 4.32. The molecule has 1 aromatic carbocycles. The number of methoxy groups -OCH3 is 1. The number of nitrogens with one attached hydrogen (secondary N) is 2. The van der Waals surface area contributed by atoms with Crippen molar-refractivity contribution < 1.29 is 28.9 Å². The van der Waals surface area contributed by atoms with Gasteiger partial charge in [-0.1, -0.05) is 0 Å². The fourth-order valence-electron chi connectivity index (χ4n) is 3.09. The summed E-state index contributed by atoms with van der Waals surface area (Å²) in [6.45, 7) is 3.54. The summed E-state index contributed by atoms with van der Waals surface area (Å²) in [6, 6.07) is 4.26. The summed E-state index contributed by atoms with van der Waals surface area (Å²) in [4.78, 5) is 35.8. The van der Waals surface area contributed by atoms with Crippen LogP contribution in [0.5, 0.6) is 5.75 Å². The standard InChI is InChI=1S/C17H23N3O6/c1-3-26-17(22)12-5-4-8-19(10-12)11-16(21)18-14-7-6-13(25-2)9-15(14)20(23)24/h6-7,9,12H,3-5,8,10-11H2,1-2H3,(H,18,21)/p+1/t12-/m0/s1. The predicted molar refractivity (Wildman–Crippen MR) is 93.2 cm³/mol. The normalized spacial score (nSPS) is 19.5. The summed E-state index contributed by atoms with van der Waals surface area (Å²) in [7, 11) is 1.41. The van der Waals surface area contributed by atoms with E-state index in [4.69, 9.17) is 9.47 Å². The number of carbonyl (C=O) groups is 2. The molecular weight excluding hydrogens is 342 g/mol. The summed E-state index contributed by atoms with van der Waals surface area (Å²) < 4.78 is 10.0. The molecule has 1 aliphatic heterocycles. The van der Waals surface area contributed by atoms with E-state index in [2.05, 4.69) is 5.32 Å². The molecule has 0 bridgehead atoms. The van der Waals surface area contributed by atoms with E-state index in [0.29, 0.717) is 18.9 Å². The Balaban J connectivity index is 1.98. The van der Waals surface area contributed by atoms with Crippen LogP contribution in [0.4, 0.5) is 11.4 Å². The van der Waals surface area contributed by atoms with Gasteiger partial charge in [0.15, 0.2) is 6.54 Å². The number of nitrogens with zero attached hydrogens (tertiary/aromatic N) is 1. The second-order valence-corrected chi connectivity index (χ2v) is 6.16. The van der Waals surface area contributed by atoms with Gasteiger partial charge in [0.25, 0.3) is 11.6 Å². The zero-order chi connectivity index (χ0) is 19.1. The highest BCUT2D eigenvalue weighted by Gasteiger charge is 2.31. The Morgan fingerprint density at radius 1 is 1.42 bits per heavy atom. The van der Waals surface area contributed by atoms with Gasteiger partial charge in [-0.25, -0.2) is 0 Å². The number of nitro benzene ring substituents is 1. The van der Waals surface area contributed by atoms with Crippen LogP contribution in [0.1, 0.15) is 19.8 Å². The van der Waals surface area contributed by atoms with E-state index >= 15 is 0 Å². The highest BCUT2D eigenvalue weighted by atomic mass is 16.6. The van der Waals surface area contributed by atoms with Crippen molar-refractivity contribution in [1.29, 1.82) is 0 Å². The van der Waals surface area contributed by atoms with Crippen LogP contribution >= 0.6 is 0 Å². The molecule has 9 heteroatoms. The van der Waals surface area contributed by atoms with Crippen LogP contribution in [0, 0.1) is 16.0 Å². The van der Waals surface area contributed by atoms with Crippen LogP contribution in [0.15, 0.2) is 18.2 Å². The average Bonchev–Trinajstić information content (AvgIpc) is 2.62. The van der Waals surface area contributed by atoms with Crippen molar-refractivity contribution >= 4 is 23.3 Å². The van der Waals surface area contributed by atoms with Crippen molar-refractivity contribution in [2.75, 3.05) is 38.7 Å². The Morgan fingerprint density at radius 2 is 2.19 bits per heavy atom. The Morgan fingerprint density at radius 3 is 2.85 bits per heavy atom. The lowest BCUT2D eigenvalue weighted by molar-refractivity contribution is -0.899. The first-order valence-electron chi connectivity index (χ1n) is 8.57. The maximum atomic E-state index is 12.3. The maximum Gasteiger partial charge on any atom is 0.314 e. The number of esters is 1. The lowest BCUT2D eigenvalue weighted by Gasteiger charge is -2.28. The number of ether oxygens (including phenoxy) is 2. The second kappa shape index (κ2) is 9.14. The third kappa shape index (κ3) is 5.16. The van der Waals surface area contributed by atoms with E-state index in [1.54, 1.807) is 13.0 Å². The smallest absolute Gasteiger partial charge is 0.314 e. The summed E-state index contributed by atoms with van der Waals surface area (Å²) in [5, 5.41) is 13.8. The van der Waals surface area contributed by atoms with Gasteiger partial charge < -0.3 is 19.7 Å². The maximum absolute atomic E-state index is 12.3. The van der Waals surface area contributed by atoms with Gasteiger partial charge in [0.1, 0.15) is 17.4 Å². The van der Waals surface area contributed by atoms with Gasteiger partial charge in [0, 0.05) is 0 Å². The van der Waals surface area contributed by atoms with Gasteiger partial charge in [0.05, 0.1) is 37.8 Å². The lowest BCUT2D eigenvalue weighted by Crippen LogP contribution is -3.14. The van der Waals surface area contributed by atoms with Gasteiger partial charge in [0.2, 0.25) is 0 Å². The fourth-order valence-corrected chi connectivity index (χ4v) is 3.09. The molecule has 0 aromatic heterocycles. The Hall–Kier alpha value is -2.68. The van der Waals surface area contributed by atoms with Crippen LogP contribution in [0.25, 0.3) is 0 Å². The predicted octanol–water partition coefficient (Wildman–Crippen LogP) is 0.400. The molecule has 0 saturated carbocycles. The van der Waals surface area contributed by atoms with Crippen molar-refractivity contribution in [2.24, 2.45) is 5.92 Å². The zero-order valence-electron chi connectivity index (χ0n) is 14.9. The summed E-state index contributed by atoms with van der Waals surface area (Å²) in [5.41, 5.74) is -0.102. The zero-order valence-corrected chi connectivity index (χ0v) is 14.9. The van der Waals surface area contributed by atoms with Crippen molar-refractivity contribution in [3.05, 3.63) is 28.3 Å². The van der Waals surface area contributed by atoms with E-state index < -0.39 is 4.92 Å². The number of nitro groups is 1. The highest BCUT2D eigenvalue weighted by Crippen LogP contribution is 2.28. The topological polar surface area (TPSA) is 112 Å². The molecule has 26 heavy (non-hydrogen) atoms. The van der Waals surface area contributed by atoms with E-state index in [1.165, 1.54) is 19.2 Å². The first-order valence-corrected chi connectivity index (χ1v) is 8.57. The molecule has 2 atom stereocenters. The molecule has 1 saturated heterocycles. The van der Waals surface area contributed by atoms with E-state index in [0.717, 1.165) is 24.3 Å². The average molecular weight is 366 g/mol. The Bertz CT molecular complexity index is 678. The third-order valence-corrected chi connectivity index (χ3v) is 4.32. The molecule has 1 aromatic rings. The minimum Gasteiger partial charge on any atom is -0.496 e. The number of piperidine rings is 1. The molecule has 1 fully saturated rings. The molecule has 0 aliphatic carbocycles. The molecule has 1 heterocycles. The Kier molecular flexibility index (Phi) is 6.90. The SMILES string of the molecule is CCOC(=O)[C@H]1CCC[NH+](CC(=O)Nc2ccc(OC)cc2[N+](=O)[O-])C1. The van der Waals surface area contributed by atoms with Gasteiger partial charge >= 0.3 is 5.97 Å². The molecule has 2 rings (SSSR count). The van der Waals surface area contributed by atoms with Crippen LogP contribution in [0.3, 0.4) is 0 Å². The molecule has 142 valence electrons. The summed E-state index contributed by atoms with van der Waals surface area (Å²) in [5.74, 6) is -0.427. The van der Waals surface area contributed by atoms with Gasteiger partial charge in [-0.05, 0) is 31.9 Å². The van der Waals surface area contributed by atoms with E-state index in [1.807, 2.05) is 0 Å². The monoisotopic (exact) mass is 366 g/mol. The van der Waals surface area contributed by atoms with Crippen LogP contribution in [-0.4, -0.2) is 50.2 Å². The van der Waals surface area contributed by atoms with Crippen LogP contribution < -0.4 is 15.0 Å². The first kappa shape index (κ1) is 19.6. The minimum atomic E-state index is -0.567. The molecule has 1 amide bonds. The molecular formula is C17H24N3O6+. The van der Waals surface area contributed by atoms with Crippen molar-refractivity contribution in [1.82, 2.24) is 0 Å². The number of amides is 1. The second-order valence-electron chi connectivity index (χ2n) is 6.16. The molecule has 9 nitrogen and oxygen atoms in total. The molecule has 1 aliphatic rings. The quantitative estimate of drug-likeness (QED) is 0.410. The van der Waals surface area contributed by atoms with Crippen molar-refractivity contribution in [3.63, 3.8) is 0 Å². The number of hydrogen-bond donors (Lipinski definition) is 2. The van der Waals surface area contributed by atoms with Crippen molar-refractivity contribution in [3.8, 4) is 5.75 Å². The van der Waals surface area contributed by atoms with Crippen LogP contribution in [0.2, 0.25) is 0 Å². The lowest BCUT2D eigenvalue weighted by atomic mass is 9.98. The number of benzene rings is 1. The number of quaternary nitrogens is 1. The molecule has 2 N–H and O–H groups in total. The number of likely N-dealkylation sites (tertiary alicyclic amines) is 1. The number of anilines is 1. The molecule has 0 spiro atoms. The van der Waals surface area contributed by atoms with Crippen molar-refractivity contribution in [2.45, 2.75) is 19.8 Å². The largest absolute Gasteiger partial charge is 0.496 e. The number of hydrogen-bond acceptors (Lipinski definition) is 6. The Labute approximate surface area is 151 Å². The van der Waals surface area contributed by atoms with Crippen LogP contribution in [-0.2, 0) is 14.3 Å². The van der Waals surface area contributed by atoms with E-state index in [9.17, 15) is 19.7 Å². The number of carbonyl (C=O) groups excluding carboxylic acids is 2. The minimum absolute atomic E-state index is 0.124. The fraction of sp³-hybridized carbons (Fsp3) is 0.529.